The van der Waals surface area contributed by atoms with Crippen LogP contribution in [0.5, 0.6) is 0 Å². The summed E-state index contributed by atoms with van der Waals surface area (Å²) in [6.07, 6.45) is 18.7. The molecule has 0 aromatic carbocycles. The predicted molar refractivity (Wildman–Crippen MR) is 135 cm³/mol. The average molecular weight is 431 g/mol. The quantitative estimate of drug-likeness (QED) is 0.382. The van der Waals surface area contributed by atoms with Crippen molar-refractivity contribution >= 4 is 0 Å². The Morgan fingerprint density at radius 3 is 2.39 bits per heavy atom. The largest absolute Gasteiger partial charge is 0.381 e. The molecule has 1 nitrogen and oxygen atoms in total. The fourth-order valence-electron chi connectivity index (χ4n) is 8.85. The van der Waals surface area contributed by atoms with E-state index in [1.165, 1.54) is 70.6 Å². The number of hydrogen-bond donors (Lipinski definition) is 0. The van der Waals surface area contributed by atoms with Crippen molar-refractivity contribution in [3.63, 3.8) is 0 Å². The Kier molecular flexibility index (Phi) is 8.43. The van der Waals surface area contributed by atoms with E-state index >= 15 is 0 Å². The van der Waals surface area contributed by atoms with Crippen LogP contribution in [0.15, 0.2) is 11.6 Å². The summed E-state index contributed by atoms with van der Waals surface area (Å²) in [5.74, 6) is 5.63. The number of methoxy groups -OCH3 is 1. The van der Waals surface area contributed by atoms with Crippen molar-refractivity contribution in [2.45, 2.75) is 125 Å². The molecule has 0 spiro atoms. The molecule has 4 aliphatic carbocycles. The molecule has 0 N–H and O–H groups in total. The van der Waals surface area contributed by atoms with Gasteiger partial charge in [-0.15, -0.1) is 0 Å². The summed E-state index contributed by atoms with van der Waals surface area (Å²) in [7, 11) is 1.91. The molecule has 4 aliphatic rings. The topological polar surface area (TPSA) is 9.23 Å². The number of fused-ring (bicyclic) bond motifs is 5. The van der Waals surface area contributed by atoms with Gasteiger partial charge in [-0.3, -0.25) is 0 Å². The second-order valence-corrected chi connectivity index (χ2v) is 12.4. The molecule has 8 atom stereocenters. The van der Waals surface area contributed by atoms with Crippen molar-refractivity contribution in [1.29, 1.82) is 0 Å². The maximum absolute atomic E-state index is 5.75. The SMILES string of the molecule is CC.CO[C@H]1CCC2(C)C(=CCC3[C@@H]2CCC2(C)C([C@H](C)CCCC(C)C)CC[C@@H]32)C1. The first-order valence-corrected chi connectivity index (χ1v) is 14.0. The maximum atomic E-state index is 5.75. The number of allylic oxidation sites excluding steroid dienone is 1. The third kappa shape index (κ3) is 4.69. The van der Waals surface area contributed by atoms with Gasteiger partial charge in [-0.25, -0.2) is 0 Å². The lowest BCUT2D eigenvalue weighted by Crippen LogP contribution is -2.50. The fraction of sp³-hybridized carbons (Fsp3) is 0.933. The Balaban J connectivity index is 0.00000132. The van der Waals surface area contributed by atoms with Crippen molar-refractivity contribution in [1.82, 2.24) is 0 Å². The zero-order valence-electron chi connectivity index (χ0n) is 22.3. The van der Waals surface area contributed by atoms with Crippen molar-refractivity contribution in [2.24, 2.45) is 46.3 Å². The highest BCUT2D eigenvalue weighted by molar-refractivity contribution is 5.25. The molecule has 0 aliphatic heterocycles. The summed E-state index contributed by atoms with van der Waals surface area (Å²) in [6.45, 7) is 16.7. The number of hydrogen-bond acceptors (Lipinski definition) is 1. The van der Waals surface area contributed by atoms with Gasteiger partial charge in [0.25, 0.3) is 0 Å². The zero-order chi connectivity index (χ0) is 22.8. The van der Waals surface area contributed by atoms with E-state index in [4.69, 9.17) is 4.74 Å². The highest BCUT2D eigenvalue weighted by Gasteiger charge is 2.59. The molecule has 3 saturated carbocycles. The Hall–Kier alpha value is -0.300. The van der Waals surface area contributed by atoms with Gasteiger partial charge >= 0.3 is 0 Å². The van der Waals surface area contributed by atoms with Crippen LogP contribution in [0.4, 0.5) is 0 Å². The molecule has 0 amide bonds. The average Bonchev–Trinajstić information content (AvgIpc) is 3.11. The summed E-state index contributed by atoms with van der Waals surface area (Å²) < 4.78 is 5.75. The van der Waals surface area contributed by atoms with E-state index in [-0.39, 0.29) is 0 Å². The van der Waals surface area contributed by atoms with Gasteiger partial charge < -0.3 is 4.74 Å². The van der Waals surface area contributed by atoms with Gasteiger partial charge in [-0.05, 0) is 97.7 Å². The molecular weight excluding hydrogens is 376 g/mol. The van der Waals surface area contributed by atoms with Crippen LogP contribution in [0.25, 0.3) is 0 Å². The van der Waals surface area contributed by atoms with E-state index in [0.29, 0.717) is 16.9 Å². The normalized spacial score (nSPS) is 42.6. The number of ether oxygens (including phenoxy) is 1. The smallest absolute Gasteiger partial charge is 0.0608 e. The van der Waals surface area contributed by atoms with Crippen LogP contribution in [-0.2, 0) is 4.74 Å². The minimum atomic E-state index is 0.472. The van der Waals surface area contributed by atoms with E-state index < -0.39 is 0 Å². The van der Waals surface area contributed by atoms with Crippen LogP contribution in [-0.4, -0.2) is 13.2 Å². The molecule has 4 rings (SSSR count). The molecule has 0 aromatic heterocycles. The third-order valence-electron chi connectivity index (χ3n) is 10.6. The van der Waals surface area contributed by atoms with Gasteiger partial charge in [0, 0.05) is 7.11 Å². The Morgan fingerprint density at radius 2 is 1.71 bits per heavy atom. The highest BCUT2D eigenvalue weighted by Crippen LogP contribution is 2.67. The standard InChI is InChI=1S/C28H48O.C2H6/c1-19(2)8-7-9-20(3)24-12-13-25-23-11-10-21-18-22(29-6)14-16-27(21,4)26(23)15-17-28(24,25)5;1-2/h10,19-20,22-26H,7-9,11-18H2,1-6H3;1-2H3/t20-,22+,23?,24?,25+,26+,27?,28?;/m1./s1. The molecule has 31 heavy (non-hydrogen) atoms. The molecular formula is C30H54O. The van der Waals surface area contributed by atoms with E-state index in [1.807, 2.05) is 21.0 Å². The Bertz CT molecular complexity index is 606. The minimum Gasteiger partial charge on any atom is -0.381 e. The lowest BCUT2D eigenvalue weighted by atomic mass is 9.47. The molecule has 0 bridgehead atoms. The summed E-state index contributed by atoms with van der Waals surface area (Å²) in [5, 5.41) is 0. The molecule has 1 heteroatoms. The van der Waals surface area contributed by atoms with Crippen LogP contribution in [0.3, 0.4) is 0 Å². The highest BCUT2D eigenvalue weighted by atomic mass is 16.5. The first kappa shape index (κ1) is 25.3. The van der Waals surface area contributed by atoms with Crippen molar-refractivity contribution in [2.75, 3.05) is 7.11 Å². The predicted octanol–water partition coefficient (Wildman–Crippen LogP) is 9.07. The second kappa shape index (κ2) is 10.3. The van der Waals surface area contributed by atoms with Crippen LogP contribution in [0, 0.1) is 46.3 Å². The summed E-state index contributed by atoms with van der Waals surface area (Å²) >= 11 is 0. The maximum Gasteiger partial charge on any atom is 0.0608 e. The van der Waals surface area contributed by atoms with Crippen molar-refractivity contribution in [3.05, 3.63) is 11.6 Å². The summed E-state index contributed by atoms with van der Waals surface area (Å²) in [5.41, 5.74) is 2.85. The van der Waals surface area contributed by atoms with Crippen LogP contribution in [0.2, 0.25) is 0 Å². The number of rotatable bonds is 6. The molecule has 0 aromatic rings. The van der Waals surface area contributed by atoms with Crippen molar-refractivity contribution in [3.8, 4) is 0 Å². The third-order valence-corrected chi connectivity index (χ3v) is 10.6. The Morgan fingerprint density at radius 1 is 0.968 bits per heavy atom. The molecule has 180 valence electrons. The Labute approximate surface area is 195 Å². The van der Waals surface area contributed by atoms with Crippen LogP contribution in [0.1, 0.15) is 119 Å². The van der Waals surface area contributed by atoms with Crippen LogP contribution < -0.4 is 0 Å². The monoisotopic (exact) mass is 430 g/mol. The van der Waals surface area contributed by atoms with Crippen LogP contribution >= 0.6 is 0 Å². The second-order valence-electron chi connectivity index (χ2n) is 12.4. The van der Waals surface area contributed by atoms with E-state index in [9.17, 15) is 0 Å². The van der Waals surface area contributed by atoms with Gasteiger partial charge in [0.05, 0.1) is 6.10 Å². The lowest BCUT2D eigenvalue weighted by molar-refractivity contribution is -0.0601. The minimum absolute atomic E-state index is 0.472. The van der Waals surface area contributed by atoms with E-state index in [1.54, 1.807) is 5.57 Å². The summed E-state index contributed by atoms with van der Waals surface area (Å²) in [4.78, 5) is 0. The zero-order valence-corrected chi connectivity index (χ0v) is 22.3. The molecule has 0 radical (unpaired) electrons. The lowest BCUT2D eigenvalue weighted by Gasteiger charge is -2.58. The van der Waals surface area contributed by atoms with Gasteiger partial charge in [-0.2, -0.15) is 0 Å². The van der Waals surface area contributed by atoms with Gasteiger partial charge in [-0.1, -0.05) is 79.4 Å². The molecule has 4 unspecified atom stereocenters. The van der Waals surface area contributed by atoms with Gasteiger partial charge in [0.2, 0.25) is 0 Å². The van der Waals surface area contributed by atoms with E-state index in [2.05, 4.69) is 40.7 Å². The van der Waals surface area contributed by atoms with Gasteiger partial charge in [0.1, 0.15) is 0 Å². The molecule has 3 fully saturated rings. The fourth-order valence-corrected chi connectivity index (χ4v) is 8.85. The molecule has 0 heterocycles. The first-order chi connectivity index (χ1) is 14.8. The van der Waals surface area contributed by atoms with Gasteiger partial charge in [0.15, 0.2) is 0 Å². The first-order valence-electron chi connectivity index (χ1n) is 14.0. The summed E-state index contributed by atoms with van der Waals surface area (Å²) in [6, 6.07) is 0. The van der Waals surface area contributed by atoms with Crippen molar-refractivity contribution < 1.29 is 4.74 Å². The van der Waals surface area contributed by atoms with E-state index in [0.717, 1.165) is 35.5 Å². The molecule has 0 saturated heterocycles.